The number of ether oxygens (including phenoxy) is 1. The highest BCUT2D eigenvalue weighted by molar-refractivity contribution is 6.33. The molecule has 0 bridgehead atoms. The van der Waals surface area contributed by atoms with Crippen molar-refractivity contribution in [2.24, 2.45) is 29.6 Å². The van der Waals surface area contributed by atoms with Crippen molar-refractivity contribution >= 4 is 58.2 Å². The second kappa shape index (κ2) is 10.7. The van der Waals surface area contributed by atoms with E-state index in [1.807, 2.05) is 19.9 Å². The molecule has 4 amide bonds. The van der Waals surface area contributed by atoms with E-state index < -0.39 is 35.5 Å². The molecule has 2 aliphatic heterocycles. The quantitative estimate of drug-likeness (QED) is 0.261. The second-order valence-electron chi connectivity index (χ2n) is 12.3. The number of benzene rings is 3. The molecule has 4 aliphatic rings. The normalized spacial score (nSPS) is 27.4. The number of nitrogens with zero attached hydrogens (tertiary/aromatic N) is 2. The van der Waals surface area contributed by atoms with Crippen LogP contribution in [0.2, 0.25) is 10.0 Å². The SMILES string of the molecule is COc1ccc([C@H]2C3=CC[C@@H]4C(=O)N(c5ccc(C)c(Cl)c5)C(=O)[C@@H]4[C@@H]3C[C@H]3C(=O)N(c4ccc(C)c(Cl)c4)C(=O)[C@@H]23)cc1O. The Hall–Kier alpha value is -4.14. The van der Waals surface area contributed by atoms with Gasteiger partial charge >= 0.3 is 0 Å². The van der Waals surface area contributed by atoms with Crippen LogP contribution < -0.4 is 14.5 Å². The van der Waals surface area contributed by atoms with Gasteiger partial charge in [0.25, 0.3) is 0 Å². The molecule has 45 heavy (non-hydrogen) atoms. The summed E-state index contributed by atoms with van der Waals surface area (Å²) in [6, 6.07) is 15.2. The standard InChI is InChI=1S/C35H30Cl2N2O6/c1-16-4-7-19(13-25(16)36)38-32(41)22-10-9-21-23(30(22)34(38)43)15-24-31(29(21)18-6-11-28(45-3)27(40)12-18)35(44)39(33(24)42)20-8-5-17(2)26(37)14-20/h4-9,11-14,22-24,29-31,40H,10,15H2,1-3H3/t22-,23+,24+,29-,30-,31+/m0/s1. The van der Waals surface area contributed by atoms with E-state index in [-0.39, 0.29) is 41.5 Å². The molecule has 2 heterocycles. The van der Waals surface area contributed by atoms with Crippen LogP contribution in [0.15, 0.2) is 66.2 Å². The smallest absolute Gasteiger partial charge is 0.238 e. The number of aryl methyl sites for hydroxylation is 2. The Kier molecular flexibility index (Phi) is 7.06. The minimum Gasteiger partial charge on any atom is -0.504 e. The number of rotatable bonds is 4. The van der Waals surface area contributed by atoms with Gasteiger partial charge in [0.15, 0.2) is 11.5 Å². The summed E-state index contributed by atoms with van der Waals surface area (Å²) in [5, 5.41) is 11.6. The minimum absolute atomic E-state index is 0.101. The van der Waals surface area contributed by atoms with Crippen LogP contribution in [0.4, 0.5) is 11.4 Å². The van der Waals surface area contributed by atoms with Crippen molar-refractivity contribution in [1.82, 2.24) is 0 Å². The first-order valence-corrected chi connectivity index (χ1v) is 15.6. The zero-order valence-corrected chi connectivity index (χ0v) is 26.3. The van der Waals surface area contributed by atoms with E-state index >= 15 is 0 Å². The first-order valence-electron chi connectivity index (χ1n) is 14.9. The Labute approximate surface area is 270 Å². The predicted molar refractivity (Wildman–Crippen MR) is 170 cm³/mol. The predicted octanol–water partition coefficient (Wildman–Crippen LogP) is 6.37. The third-order valence-corrected chi connectivity index (χ3v) is 10.9. The second-order valence-corrected chi connectivity index (χ2v) is 13.2. The lowest BCUT2D eigenvalue weighted by atomic mass is 9.57. The number of phenolic OH excluding ortho intramolecular Hbond substituents is 1. The average molecular weight is 646 g/mol. The Bertz CT molecular complexity index is 1850. The zero-order chi connectivity index (χ0) is 31.9. The van der Waals surface area contributed by atoms with Gasteiger partial charge in [-0.25, -0.2) is 9.80 Å². The molecular weight excluding hydrogens is 615 g/mol. The molecule has 1 saturated carbocycles. The van der Waals surface area contributed by atoms with E-state index in [2.05, 4.69) is 0 Å². The van der Waals surface area contributed by atoms with Crippen LogP contribution in [0, 0.1) is 43.4 Å². The molecule has 2 saturated heterocycles. The monoisotopic (exact) mass is 644 g/mol. The van der Waals surface area contributed by atoms with Gasteiger partial charge in [-0.2, -0.15) is 0 Å². The van der Waals surface area contributed by atoms with Gasteiger partial charge in [-0.1, -0.05) is 53.1 Å². The van der Waals surface area contributed by atoms with Crippen molar-refractivity contribution < 1.29 is 29.0 Å². The molecule has 3 aromatic rings. The summed E-state index contributed by atoms with van der Waals surface area (Å²) < 4.78 is 5.26. The molecule has 10 heteroatoms. The van der Waals surface area contributed by atoms with Crippen LogP contribution in [0.5, 0.6) is 11.5 Å². The third kappa shape index (κ3) is 4.41. The molecule has 0 radical (unpaired) electrons. The molecule has 1 N–H and O–H groups in total. The van der Waals surface area contributed by atoms with E-state index in [1.54, 1.807) is 54.6 Å². The number of halogens is 2. The van der Waals surface area contributed by atoms with Crippen LogP contribution >= 0.6 is 23.2 Å². The summed E-state index contributed by atoms with van der Waals surface area (Å²) >= 11 is 12.8. The van der Waals surface area contributed by atoms with Gasteiger partial charge in [0, 0.05) is 16.0 Å². The first kappa shape index (κ1) is 29.6. The summed E-state index contributed by atoms with van der Waals surface area (Å²) in [5.41, 5.74) is 3.90. The maximum Gasteiger partial charge on any atom is 0.238 e. The number of carbonyl (C=O) groups excluding carboxylic acids is 4. The molecule has 0 unspecified atom stereocenters. The number of fused-ring (bicyclic) bond motifs is 4. The van der Waals surface area contributed by atoms with Gasteiger partial charge in [0.1, 0.15) is 0 Å². The molecule has 0 spiro atoms. The number of aromatic hydroxyl groups is 1. The van der Waals surface area contributed by atoms with E-state index in [4.69, 9.17) is 27.9 Å². The fourth-order valence-electron chi connectivity index (χ4n) is 7.81. The number of hydrogen-bond acceptors (Lipinski definition) is 6. The number of phenols is 1. The Balaban J connectivity index is 1.34. The van der Waals surface area contributed by atoms with Crippen LogP contribution in [0.25, 0.3) is 0 Å². The zero-order valence-electron chi connectivity index (χ0n) is 24.8. The average Bonchev–Trinajstić information content (AvgIpc) is 3.42. The van der Waals surface area contributed by atoms with Crippen LogP contribution in [-0.2, 0) is 19.2 Å². The van der Waals surface area contributed by atoms with E-state index in [1.165, 1.54) is 16.9 Å². The molecule has 3 aromatic carbocycles. The van der Waals surface area contributed by atoms with Gasteiger partial charge < -0.3 is 9.84 Å². The number of amides is 4. The number of methoxy groups -OCH3 is 1. The Morgan fingerprint density at radius 3 is 1.87 bits per heavy atom. The molecule has 8 nitrogen and oxygen atoms in total. The Morgan fingerprint density at radius 1 is 0.733 bits per heavy atom. The van der Waals surface area contributed by atoms with Gasteiger partial charge in [-0.15, -0.1) is 0 Å². The first-order chi connectivity index (χ1) is 21.5. The van der Waals surface area contributed by atoms with Crippen molar-refractivity contribution in [3.05, 3.63) is 93.0 Å². The molecule has 3 fully saturated rings. The molecule has 2 aliphatic carbocycles. The van der Waals surface area contributed by atoms with Gasteiger partial charge in [0.2, 0.25) is 23.6 Å². The topological polar surface area (TPSA) is 104 Å². The lowest BCUT2D eigenvalue weighted by Crippen LogP contribution is -2.43. The van der Waals surface area contributed by atoms with E-state index in [9.17, 15) is 24.3 Å². The fourth-order valence-corrected chi connectivity index (χ4v) is 8.16. The summed E-state index contributed by atoms with van der Waals surface area (Å²) in [4.78, 5) is 58.8. The number of anilines is 2. The van der Waals surface area contributed by atoms with Gasteiger partial charge in [0.05, 0.1) is 42.2 Å². The highest BCUT2D eigenvalue weighted by Gasteiger charge is 2.62. The van der Waals surface area contributed by atoms with Gasteiger partial charge in [-0.05, 0) is 85.7 Å². The maximum absolute atomic E-state index is 14.3. The van der Waals surface area contributed by atoms with Crippen LogP contribution in [-0.4, -0.2) is 35.8 Å². The minimum atomic E-state index is -0.774. The van der Waals surface area contributed by atoms with Crippen molar-refractivity contribution in [3.8, 4) is 11.5 Å². The van der Waals surface area contributed by atoms with E-state index in [0.717, 1.165) is 16.7 Å². The number of allylic oxidation sites excluding steroid dienone is 2. The van der Waals surface area contributed by atoms with Crippen LogP contribution in [0.3, 0.4) is 0 Å². The van der Waals surface area contributed by atoms with Crippen molar-refractivity contribution in [3.63, 3.8) is 0 Å². The lowest BCUT2D eigenvalue weighted by molar-refractivity contribution is -0.126. The van der Waals surface area contributed by atoms with Crippen molar-refractivity contribution in [1.29, 1.82) is 0 Å². The summed E-state index contributed by atoms with van der Waals surface area (Å²) in [6.45, 7) is 3.69. The highest BCUT2D eigenvalue weighted by Crippen LogP contribution is 2.59. The number of carbonyl (C=O) groups is 4. The maximum atomic E-state index is 14.3. The molecular formula is C35H30Cl2N2O6. The van der Waals surface area contributed by atoms with E-state index in [0.29, 0.717) is 33.4 Å². The summed E-state index contributed by atoms with van der Waals surface area (Å²) in [6.07, 6.45) is 2.51. The third-order valence-electron chi connectivity index (χ3n) is 10.0. The van der Waals surface area contributed by atoms with Crippen molar-refractivity contribution in [2.75, 3.05) is 16.9 Å². The molecule has 7 rings (SSSR count). The Morgan fingerprint density at radius 2 is 1.31 bits per heavy atom. The lowest BCUT2D eigenvalue weighted by Gasteiger charge is -2.44. The summed E-state index contributed by atoms with van der Waals surface area (Å²) in [7, 11) is 1.45. The highest BCUT2D eigenvalue weighted by atomic mass is 35.5. The molecule has 0 aromatic heterocycles. The fraction of sp³-hybridized carbons (Fsp3) is 0.314. The largest absolute Gasteiger partial charge is 0.504 e. The molecule has 230 valence electrons. The van der Waals surface area contributed by atoms with Crippen molar-refractivity contribution in [2.45, 2.75) is 32.6 Å². The number of hydrogen-bond donors (Lipinski definition) is 1. The van der Waals surface area contributed by atoms with Gasteiger partial charge in [-0.3, -0.25) is 19.2 Å². The van der Waals surface area contributed by atoms with Crippen LogP contribution in [0.1, 0.15) is 35.4 Å². The molecule has 6 atom stereocenters. The number of imide groups is 2. The summed E-state index contributed by atoms with van der Waals surface area (Å²) in [5.74, 6) is -5.12.